The van der Waals surface area contributed by atoms with Gasteiger partial charge in [-0.05, 0) is 6.07 Å². The predicted octanol–water partition coefficient (Wildman–Crippen LogP) is 2.73. The second-order valence-electron chi connectivity index (χ2n) is 3.73. The first-order valence-corrected chi connectivity index (χ1v) is 5.21. The number of anilines is 3. The lowest BCUT2D eigenvalue weighted by atomic mass is 10.2. The second kappa shape index (κ2) is 5.03. The molecular formula is C11H7F3N4O2. The number of nitro groups is 1. The molecule has 0 bridgehead atoms. The summed E-state index contributed by atoms with van der Waals surface area (Å²) >= 11 is 0. The van der Waals surface area contributed by atoms with Crippen LogP contribution in [0.4, 0.5) is 36.2 Å². The lowest BCUT2D eigenvalue weighted by Gasteiger charge is -2.08. The van der Waals surface area contributed by atoms with Crippen LogP contribution in [0.25, 0.3) is 0 Å². The van der Waals surface area contributed by atoms with Crippen LogP contribution in [0.15, 0.2) is 24.3 Å². The Morgan fingerprint density at radius 3 is 2.55 bits per heavy atom. The van der Waals surface area contributed by atoms with Crippen molar-refractivity contribution in [1.82, 2.24) is 4.98 Å². The normalized spacial score (nSPS) is 10.3. The first kappa shape index (κ1) is 13.6. The summed E-state index contributed by atoms with van der Waals surface area (Å²) in [6.07, 6.45) is 0. The van der Waals surface area contributed by atoms with Crippen molar-refractivity contribution in [2.24, 2.45) is 0 Å². The summed E-state index contributed by atoms with van der Waals surface area (Å²) in [4.78, 5) is 13.4. The molecule has 1 aromatic heterocycles. The SMILES string of the molecule is Nc1nc(Nc2cc(F)cc(F)c2F)ccc1[N+](=O)[O-]. The third-order valence-corrected chi connectivity index (χ3v) is 2.35. The van der Waals surface area contributed by atoms with Crippen LogP contribution in [-0.4, -0.2) is 9.91 Å². The van der Waals surface area contributed by atoms with Gasteiger partial charge in [0.05, 0.1) is 10.6 Å². The van der Waals surface area contributed by atoms with E-state index in [2.05, 4.69) is 10.3 Å². The van der Waals surface area contributed by atoms with Gasteiger partial charge in [-0.15, -0.1) is 0 Å². The first-order chi connectivity index (χ1) is 9.38. The highest BCUT2D eigenvalue weighted by Crippen LogP contribution is 2.25. The first-order valence-electron chi connectivity index (χ1n) is 5.21. The monoisotopic (exact) mass is 284 g/mol. The number of hydrogen-bond acceptors (Lipinski definition) is 5. The predicted molar refractivity (Wildman–Crippen MR) is 64.9 cm³/mol. The van der Waals surface area contributed by atoms with Crippen molar-refractivity contribution in [1.29, 1.82) is 0 Å². The maximum Gasteiger partial charge on any atom is 0.311 e. The molecule has 1 heterocycles. The van der Waals surface area contributed by atoms with Crippen LogP contribution in [0.5, 0.6) is 0 Å². The molecule has 0 spiro atoms. The van der Waals surface area contributed by atoms with Crippen molar-refractivity contribution in [2.75, 3.05) is 11.1 Å². The van der Waals surface area contributed by atoms with E-state index in [0.717, 1.165) is 18.2 Å². The van der Waals surface area contributed by atoms with E-state index in [0.29, 0.717) is 6.07 Å². The quantitative estimate of drug-likeness (QED) is 0.513. The average Bonchev–Trinajstić information content (AvgIpc) is 2.35. The fourth-order valence-electron chi connectivity index (χ4n) is 1.48. The van der Waals surface area contributed by atoms with Gasteiger partial charge in [-0.1, -0.05) is 0 Å². The van der Waals surface area contributed by atoms with Gasteiger partial charge in [0.25, 0.3) is 0 Å². The molecule has 0 fully saturated rings. The lowest BCUT2D eigenvalue weighted by molar-refractivity contribution is -0.384. The maximum absolute atomic E-state index is 13.4. The summed E-state index contributed by atoms with van der Waals surface area (Å²) in [5, 5.41) is 12.8. The summed E-state index contributed by atoms with van der Waals surface area (Å²) in [6, 6.07) is 3.28. The van der Waals surface area contributed by atoms with Gasteiger partial charge in [0.1, 0.15) is 11.6 Å². The Hall–Kier alpha value is -2.84. The summed E-state index contributed by atoms with van der Waals surface area (Å²) < 4.78 is 39.4. The molecule has 0 radical (unpaired) electrons. The minimum Gasteiger partial charge on any atom is -0.378 e. The average molecular weight is 284 g/mol. The number of nitrogen functional groups attached to an aromatic ring is 1. The zero-order valence-corrected chi connectivity index (χ0v) is 9.73. The molecule has 2 aromatic rings. The standard InChI is InChI=1S/C11H7F3N4O2/c12-5-3-6(13)10(14)7(4-5)16-9-2-1-8(18(19)20)11(15)17-9/h1-4H,(H3,15,16,17). The number of benzene rings is 1. The van der Waals surface area contributed by atoms with E-state index in [4.69, 9.17) is 5.73 Å². The molecule has 0 unspecified atom stereocenters. The van der Waals surface area contributed by atoms with Crippen LogP contribution in [0.3, 0.4) is 0 Å². The molecule has 2 rings (SSSR count). The Morgan fingerprint density at radius 1 is 1.25 bits per heavy atom. The third kappa shape index (κ3) is 2.60. The molecule has 0 atom stereocenters. The van der Waals surface area contributed by atoms with Crippen LogP contribution in [0, 0.1) is 27.6 Å². The van der Waals surface area contributed by atoms with Crippen LogP contribution >= 0.6 is 0 Å². The van der Waals surface area contributed by atoms with Crippen LogP contribution in [-0.2, 0) is 0 Å². The topological polar surface area (TPSA) is 94.1 Å². The van der Waals surface area contributed by atoms with Crippen molar-refractivity contribution in [3.05, 3.63) is 51.8 Å². The van der Waals surface area contributed by atoms with E-state index in [9.17, 15) is 23.3 Å². The molecule has 0 aliphatic rings. The molecule has 0 aliphatic heterocycles. The molecular weight excluding hydrogens is 277 g/mol. The largest absolute Gasteiger partial charge is 0.378 e. The number of nitrogens with zero attached hydrogens (tertiary/aromatic N) is 2. The van der Waals surface area contributed by atoms with Crippen molar-refractivity contribution >= 4 is 23.0 Å². The van der Waals surface area contributed by atoms with Gasteiger partial charge in [-0.25, -0.2) is 18.2 Å². The van der Waals surface area contributed by atoms with Crippen LogP contribution < -0.4 is 11.1 Å². The molecule has 104 valence electrons. The maximum atomic E-state index is 13.4. The Morgan fingerprint density at radius 2 is 1.95 bits per heavy atom. The van der Waals surface area contributed by atoms with Crippen molar-refractivity contribution in [3.8, 4) is 0 Å². The van der Waals surface area contributed by atoms with Gasteiger partial charge in [0.2, 0.25) is 5.82 Å². The van der Waals surface area contributed by atoms with E-state index in [1.54, 1.807) is 0 Å². The van der Waals surface area contributed by atoms with Gasteiger partial charge < -0.3 is 11.1 Å². The molecule has 9 heteroatoms. The highest BCUT2D eigenvalue weighted by molar-refractivity contribution is 5.63. The van der Waals surface area contributed by atoms with E-state index in [1.165, 1.54) is 0 Å². The molecule has 0 saturated heterocycles. The molecule has 0 aliphatic carbocycles. The van der Waals surface area contributed by atoms with E-state index in [1.807, 2.05) is 0 Å². The summed E-state index contributed by atoms with van der Waals surface area (Å²) in [6.45, 7) is 0. The fraction of sp³-hybridized carbons (Fsp3) is 0. The number of nitrogens with two attached hydrogens (primary N) is 1. The van der Waals surface area contributed by atoms with E-state index >= 15 is 0 Å². The number of hydrogen-bond donors (Lipinski definition) is 2. The van der Waals surface area contributed by atoms with Crippen molar-refractivity contribution < 1.29 is 18.1 Å². The Balaban J connectivity index is 2.36. The highest BCUT2D eigenvalue weighted by atomic mass is 19.2. The molecule has 0 saturated carbocycles. The molecule has 6 nitrogen and oxygen atoms in total. The fourth-order valence-corrected chi connectivity index (χ4v) is 1.48. The number of pyridine rings is 1. The van der Waals surface area contributed by atoms with Gasteiger partial charge in [0.15, 0.2) is 11.6 Å². The minimum absolute atomic E-state index is 0.0861. The number of nitrogens with one attached hydrogen (secondary N) is 1. The Labute approximate surface area is 110 Å². The van der Waals surface area contributed by atoms with Gasteiger partial charge >= 0.3 is 5.69 Å². The van der Waals surface area contributed by atoms with Gasteiger partial charge in [0, 0.05) is 18.2 Å². The summed E-state index contributed by atoms with van der Waals surface area (Å²) in [5.41, 5.74) is 4.41. The van der Waals surface area contributed by atoms with E-state index in [-0.39, 0.29) is 5.82 Å². The smallest absolute Gasteiger partial charge is 0.311 e. The van der Waals surface area contributed by atoms with Gasteiger partial charge in [-0.3, -0.25) is 10.1 Å². The number of halogens is 3. The zero-order valence-electron chi connectivity index (χ0n) is 9.73. The van der Waals surface area contributed by atoms with Gasteiger partial charge in [-0.2, -0.15) is 0 Å². The second-order valence-corrected chi connectivity index (χ2v) is 3.73. The number of rotatable bonds is 3. The van der Waals surface area contributed by atoms with Crippen LogP contribution in [0.1, 0.15) is 0 Å². The summed E-state index contributed by atoms with van der Waals surface area (Å²) in [5.74, 6) is -4.15. The summed E-state index contributed by atoms with van der Waals surface area (Å²) in [7, 11) is 0. The van der Waals surface area contributed by atoms with Crippen molar-refractivity contribution in [2.45, 2.75) is 0 Å². The lowest BCUT2D eigenvalue weighted by Crippen LogP contribution is -2.03. The van der Waals surface area contributed by atoms with Crippen molar-refractivity contribution in [3.63, 3.8) is 0 Å². The molecule has 20 heavy (non-hydrogen) atoms. The highest BCUT2D eigenvalue weighted by Gasteiger charge is 2.15. The third-order valence-electron chi connectivity index (χ3n) is 2.35. The molecule has 0 amide bonds. The Kier molecular flexibility index (Phi) is 3.42. The minimum atomic E-state index is -1.37. The van der Waals surface area contributed by atoms with E-state index < -0.39 is 39.6 Å². The Bertz CT molecular complexity index is 694. The zero-order chi connectivity index (χ0) is 14.9. The number of aromatic nitrogens is 1. The van der Waals surface area contributed by atoms with Crippen LogP contribution in [0.2, 0.25) is 0 Å². The molecule has 3 N–H and O–H groups in total. The molecule has 1 aromatic carbocycles.